The van der Waals surface area contributed by atoms with Gasteiger partial charge in [0.2, 0.25) is 27.6 Å². The molecule has 3 heterocycles. The first kappa shape index (κ1) is 20.4. The van der Waals surface area contributed by atoms with E-state index < -0.39 is 10.0 Å². The van der Waals surface area contributed by atoms with E-state index >= 15 is 0 Å². The molecule has 0 bridgehead atoms. The van der Waals surface area contributed by atoms with Crippen molar-refractivity contribution in [1.29, 1.82) is 0 Å². The molecule has 0 spiro atoms. The average Bonchev–Trinajstić information content (AvgIpc) is 3.44. The number of amides is 1. The van der Waals surface area contributed by atoms with Gasteiger partial charge in [-0.2, -0.15) is 14.4 Å². The Balaban J connectivity index is 1.31. The highest BCUT2D eigenvalue weighted by Gasteiger charge is 2.31. The van der Waals surface area contributed by atoms with Crippen molar-refractivity contribution in [2.75, 3.05) is 26.2 Å². The van der Waals surface area contributed by atoms with Gasteiger partial charge in [-0.15, -0.1) is 0 Å². The summed E-state index contributed by atoms with van der Waals surface area (Å²) in [4.78, 5) is 22.3. The van der Waals surface area contributed by atoms with Gasteiger partial charge in [0.15, 0.2) is 5.82 Å². The highest BCUT2D eigenvalue weighted by Crippen LogP contribution is 2.25. The molecular weight excluding hydrogens is 434 g/mol. The summed E-state index contributed by atoms with van der Waals surface area (Å²) in [7, 11) is -3.70. The second-order valence-corrected chi connectivity index (χ2v) is 8.87. The summed E-state index contributed by atoms with van der Waals surface area (Å²) in [5.74, 6) is 0.861. The predicted molar refractivity (Wildman–Crippen MR) is 105 cm³/mol. The molecule has 11 nitrogen and oxygen atoms in total. The molecule has 1 aliphatic rings. The molecular formula is C17H18ClN7O4S. The average molecular weight is 452 g/mol. The zero-order valence-corrected chi connectivity index (χ0v) is 17.3. The first-order valence-corrected chi connectivity index (χ1v) is 11.0. The standard InChI is InChI=1S/C17H18ClN7O4S/c18-12-3-1-2-4-13(12)30(27,28)25-9-7-24(8-10-25)15(26)6-5-14-21-17(23-29-14)16-19-11-20-22-16/h1-4,11H,5-10H2,(H,19,20,22). The van der Waals surface area contributed by atoms with Crippen LogP contribution in [0.5, 0.6) is 0 Å². The van der Waals surface area contributed by atoms with Crippen LogP contribution < -0.4 is 0 Å². The third-order valence-electron chi connectivity index (χ3n) is 4.69. The molecule has 1 amide bonds. The Morgan fingerprint density at radius 2 is 1.97 bits per heavy atom. The molecule has 2 aromatic heterocycles. The van der Waals surface area contributed by atoms with Crippen LogP contribution in [-0.2, 0) is 21.2 Å². The summed E-state index contributed by atoms with van der Waals surface area (Å²) in [5, 5.41) is 10.3. The number of carbonyl (C=O) groups is 1. The normalized spacial score (nSPS) is 15.4. The van der Waals surface area contributed by atoms with Gasteiger partial charge in [0.05, 0.1) is 5.02 Å². The Morgan fingerprint density at radius 1 is 1.20 bits per heavy atom. The lowest BCUT2D eigenvalue weighted by Gasteiger charge is -2.34. The maximum atomic E-state index is 12.8. The SMILES string of the molecule is O=C(CCc1nc(-c2ncn[nH]2)no1)N1CCN(S(=O)(=O)c2ccccc2Cl)CC1. The van der Waals surface area contributed by atoms with Gasteiger partial charge in [-0.1, -0.05) is 28.9 Å². The molecule has 13 heteroatoms. The van der Waals surface area contributed by atoms with E-state index in [0.717, 1.165) is 0 Å². The summed E-state index contributed by atoms with van der Waals surface area (Å²) in [6.07, 6.45) is 1.79. The van der Waals surface area contributed by atoms with Crippen LogP contribution in [0.2, 0.25) is 5.02 Å². The first-order valence-electron chi connectivity index (χ1n) is 9.16. The van der Waals surface area contributed by atoms with Crippen molar-refractivity contribution < 1.29 is 17.7 Å². The van der Waals surface area contributed by atoms with Gasteiger partial charge < -0.3 is 9.42 Å². The Labute approximate surface area is 177 Å². The van der Waals surface area contributed by atoms with E-state index in [1.165, 1.54) is 16.7 Å². The number of piperazine rings is 1. The van der Waals surface area contributed by atoms with E-state index in [9.17, 15) is 13.2 Å². The number of hydrogen-bond acceptors (Lipinski definition) is 8. The van der Waals surface area contributed by atoms with E-state index in [2.05, 4.69) is 25.3 Å². The summed E-state index contributed by atoms with van der Waals surface area (Å²) in [6, 6.07) is 6.33. The largest absolute Gasteiger partial charge is 0.340 e. The lowest BCUT2D eigenvalue weighted by Crippen LogP contribution is -2.50. The smallest absolute Gasteiger partial charge is 0.244 e. The topological polar surface area (TPSA) is 138 Å². The summed E-state index contributed by atoms with van der Waals surface area (Å²) in [6.45, 7) is 1.01. The second kappa shape index (κ2) is 8.50. The minimum absolute atomic E-state index is 0.0744. The molecule has 3 aromatic rings. The minimum atomic E-state index is -3.70. The van der Waals surface area contributed by atoms with E-state index in [1.807, 2.05) is 0 Å². The van der Waals surface area contributed by atoms with Crippen LogP contribution in [0.25, 0.3) is 11.6 Å². The number of aryl methyl sites for hydroxylation is 1. The monoisotopic (exact) mass is 451 g/mol. The highest BCUT2D eigenvalue weighted by molar-refractivity contribution is 7.89. The molecule has 30 heavy (non-hydrogen) atoms. The van der Waals surface area contributed by atoms with Crippen molar-refractivity contribution in [3.8, 4) is 11.6 Å². The number of halogens is 1. The Hall–Kier alpha value is -2.83. The molecule has 4 rings (SSSR count). The van der Waals surface area contributed by atoms with Crippen LogP contribution in [-0.4, -0.2) is 75.0 Å². The fourth-order valence-electron chi connectivity index (χ4n) is 3.11. The first-order chi connectivity index (χ1) is 14.4. The van der Waals surface area contributed by atoms with Crippen LogP contribution in [0.15, 0.2) is 40.0 Å². The van der Waals surface area contributed by atoms with Crippen molar-refractivity contribution in [3.63, 3.8) is 0 Å². The Morgan fingerprint density at radius 3 is 2.67 bits per heavy atom. The molecule has 0 unspecified atom stereocenters. The molecule has 1 aromatic carbocycles. The summed E-state index contributed by atoms with van der Waals surface area (Å²) >= 11 is 6.04. The maximum Gasteiger partial charge on any atom is 0.244 e. The Kier molecular flexibility index (Phi) is 5.79. The van der Waals surface area contributed by atoms with Crippen LogP contribution >= 0.6 is 11.6 Å². The van der Waals surface area contributed by atoms with Gasteiger partial charge >= 0.3 is 0 Å². The molecule has 0 aliphatic carbocycles. The van der Waals surface area contributed by atoms with Crippen molar-refractivity contribution in [1.82, 2.24) is 34.5 Å². The number of nitrogens with one attached hydrogen (secondary N) is 1. The van der Waals surface area contributed by atoms with Gasteiger partial charge in [0, 0.05) is 39.0 Å². The number of nitrogens with zero attached hydrogens (tertiary/aromatic N) is 6. The maximum absolute atomic E-state index is 12.8. The van der Waals surface area contributed by atoms with Crippen molar-refractivity contribution in [2.24, 2.45) is 0 Å². The molecule has 1 saturated heterocycles. The zero-order chi connectivity index (χ0) is 21.1. The van der Waals surface area contributed by atoms with Crippen molar-refractivity contribution in [2.45, 2.75) is 17.7 Å². The van der Waals surface area contributed by atoms with E-state index in [1.54, 1.807) is 23.1 Å². The number of aromatic amines is 1. The minimum Gasteiger partial charge on any atom is -0.340 e. The predicted octanol–water partition coefficient (Wildman–Crippen LogP) is 0.974. The third kappa shape index (κ3) is 4.20. The summed E-state index contributed by atoms with van der Waals surface area (Å²) in [5.41, 5.74) is 0. The molecule has 1 N–H and O–H groups in total. The highest BCUT2D eigenvalue weighted by atomic mass is 35.5. The van der Waals surface area contributed by atoms with E-state index in [0.29, 0.717) is 24.8 Å². The van der Waals surface area contributed by atoms with Crippen LogP contribution in [0.1, 0.15) is 12.3 Å². The van der Waals surface area contributed by atoms with Crippen molar-refractivity contribution in [3.05, 3.63) is 41.5 Å². The van der Waals surface area contributed by atoms with Crippen LogP contribution in [0.3, 0.4) is 0 Å². The third-order valence-corrected chi connectivity index (χ3v) is 7.09. The van der Waals surface area contributed by atoms with Gasteiger partial charge in [0.25, 0.3) is 0 Å². The molecule has 0 saturated carbocycles. The van der Waals surface area contributed by atoms with Gasteiger partial charge in [0.1, 0.15) is 11.2 Å². The van der Waals surface area contributed by atoms with E-state index in [-0.39, 0.29) is 47.6 Å². The lowest BCUT2D eigenvalue weighted by atomic mass is 10.2. The van der Waals surface area contributed by atoms with Gasteiger partial charge in [-0.3, -0.25) is 9.89 Å². The summed E-state index contributed by atoms with van der Waals surface area (Å²) < 4.78 is 32.1. The van der Waals surface area contributed by atoms with Gasteiger partial charge in [-0.25, -0.2) is 13.4 Å². The molecule has 0 atom stereocenters. The van der Waals surface area contributed by atoms with Crippen molar-refractivity contribution >= 4 is 27.5 Å². The molecule has 1 aliphatic heterocycles. The molecule has 158 valence electrons. The van der Waals surface area contributed by atoms with Crippen LogP contribution in [0, 0.1) is 0 Å². The number of carbonyl (C=O) groups excluding carboxylic acids is 1. The number of benzene rings is 1. The number of sulfonamides is 1. The van der Waals surface area contributed by atoms with Crippen LogP contribution in [0.4, 0.5) is 0 Å². The number of H-pyrrole nitrogens is 1. The van der Waals surface area contributed by atoms with E-state index in [4.69, 9.17) is 16.1 Å². The lowest BCUT2D eigenvalue weighted by molar-refractivity contribution is -0.132. The second-order valence-electron chi connectivity index (χ2n) is 6.56. The number of rotatable bonds is 6. The van der Waals surface area contributed by atoms with Gasteiger partial charge in [-0.05, 0) is 12.1 Å². The molecule has 1 fully saturated rings. The zero-order valence-electron chi connectivity index (χ0n) is 15.7. The quantitative estimate of drug-likeness (QED) is 0.585. The Bertz CT molecular complexity index is 1120. The number of aromatic nitrogens is 5. The number of hydrogen-bond donors (Lipinski definition) is 1. The fourth-order valence-corrected chi connectivity index (χ4v) is 5.02. The fraction of sp³-hybridized carbons (Fsp3) is 0.353. The molecule has 0 radical (unpaired) electrons.